The number of benzene rings is 2. The van der Waals surface area contributed by atoms with Crippen molar-refractivity contribution in [1.82, 2.24) is 24.8 Å². The first-order chi connectivity index (χ1) is 12.6. The first-order valence-electron chi connectivity index (χ1n) is 8.11. The summed E-state index contributed by atoms with van der Waals surface area (Å²) >= 11 is 0. The van der Waals surface area contributed by atoms with Crippen molar-refractivity contribution in [1.29, 1.82) is 0 Å². The second kappa shape index (κ2) is 6.44. The van der Waals surface area contributed by atoms with E-state index in [0.29, 0.717) is 22.4 Å². The molecular weight excluding hydrogens is 333 g/mol. The number of halogens is 1. The molecule has 1 amide bonds. The summed E-state index contributed by atoms with van der Waals surface area (Å²) in [5.74, 6) is 0.722. The minimum atomic E-state index is -0.333. The van der Waals surface area contributed by atoms with E-state index in [9.17, 15) is 9.18 Å². The number of aromatic nitrogens is 4. The SMILES string of the molecule is Cn1ccnc1-c1ccccc1C(=O)NCc1nc2ccc(F)cc2[nH]1. The van der Waals surface area contributed by atoms with Crippen molar-refractivity contribution in [2.24, 2.45) is 7.05 Å². The van der Waals surface area contributed by atoms with Gasteiger partial charge >= 0.3 is 0 Å². The van der Waals surface area contributed by atoms with E-state index in [2.05, 4.69) is 20.3 Å². The zero-order valence-corrected chi connectivity index (χ0v) is 14.0. The lowest BCUT2D eigenvalue weighted by Gasteiger charge is -2.09. The van der Waals surface area contributed by atoms with Crippen LogP contribution in [0.1, 0.15) is 16.2 Å². The molecule has 0 bridgehead atoms. The van der Waals surface area contributed by atoms with Crippen LogP contribution in [0.2, 0.25) is 0 Å². The molecule has 2 heterocycles. The Bertz CT molecular complexity index is 1100. The van der Waals surface area contributed by atoms with Crippen LogP contribution in [0.5, 0.6) is 0 Å². The van der Waals surface area contributed by atoms with Crippen molar-refractivity contribution >= 4 is 16.9 Å². The fourth-order valence-electron chi connectivity index (χ4n) is 2.88. The number of aromatic amines is 1. The van der Waals surface area contributed by atoms with Gasteiger partial charge in [0.15, 0.2) is 0 Å². The fourth-order valence-corrected chi connectivity index (χ4v) is 2.88. The van der Waals surface area contributed by atoms with Crippen LogP contribution in [0.4, 0.5) is 4.39 Å². The number of imidazole rings is 2. The van der Waals surface area contributed by atoms with Gasteiger partial charge in [0, 0.05) is 25.0 Å². The van der Waals surface area contributed by atoms with E-state index < -0.39 is 0 Å². The number of aryl methyl sites for hydroxylation is 1. The van der Waals surface area contributed by atoms with Gasteiger partial charge in [-0.05, 0) is 24.3 Å². The number of H-pyrrole nitrogens is 1. The fraction of sp³-hybridized carbons (Fsp3) is 0.105. The number of rotatable bonds is 4. The van der Waals surface area contributed by atoms with E-state index in [4.69, 9.17) is 0 Å². The summed E-state index contributed by atoms with van der Waals surface area (Å²) in [6.45, 7) is 0.212. The van der Waals surface area contributed by atoms with Gasteiger partial charge in [0.05, 0.1) is 23.1 Å². The highest BCUT2D eigenvalue weighted by molar-refractivity contribution is 6.00. The van der Waals surface area contributed by atoms with Gasteiger partial charge in [0.2, 0.25) is 0 Å². The highest BCUT2D eigenvalue weighted by atomic mass is 19.1. The molecule has 6 nitrogen and oxygen atoms in total. The van der Waals surface area contributed by atoms with Crippen molar-refractivity contribution in [2.45, 2.75) is 6.54 Å². The maximum Gasteiger partial charge on any atom is 0.252 e. The Kier molecular flexibility index (Phi) is 3.96. The summed E-state index contributed by atoms with van der Waals surface area (Å²) in [4.78, 5) is 24.3. The molecule has 0 spiro atoms. The first kappa shape index (κ1) is 16.0. The summed E-state index contributed by atoms with van der Waals surface area (Å²) in [5.41, 5.74) is 2.54. The van der Waals surface area contributed by atoms with E-state index in [1.807, 2.05) is 36.0 Å². The van der Waals surface area contributed by atoms with Gasteiger partial charge < -0.3 is 14.9 Å². The lowest BCUT2D eigenvalue weighted by molar-refractivity contribution is 0.0950. The standard InChI is InChI=1S/C19H16FN5O/c1-25-9-8-21-18(25)13-4-2-3-5-14(13)19(26)22-11-17-23-15-7-6-12(20)10-16(15)24-17/h2-10H,11H2,1H3,(H,22,26)(H,23,24). The molecule has 0 atom stereocenters. The molecule has 0 aliphatic rings. The first-order valence-corrected chi connectivity index (χ1v) is 8.11. The number of fused-ring (bicyclic) bond motifs is 1. The smallest absolute Gasteiger partial charge is 0.252 e. The molecule has 4 aromatic rings. The molecule has 7 heteroatoms. The van der Waals surface area contributed by atoms with Crippen LogP contribution in [-0.4, -0.2) is 25.4 Å². The van der Waals surface area contributed by atoms with Crippen LogP contribution in [0.3, 0.4) is 0 Å². The Hall–Kier alpha value is -3.48. The van der Waals surface area contributed by atoms with Crippen molar-refractivity contribution in [3.05, 3.63) is 72.1 Å². The van der Waals surface area contributed by atoms with Crippen LogP contribution >= 0.6 is 0 Å². The lowest BCUT2D eigenvalue weighted by atomic mass is 10.1. The van der Waals surface area contributed by atoms with Gasteiger partial charge in [-0.3, -0.25) is 4.79 Å². The zero-order chi connectivity index (χ0) is 18.1. The van der Waals surface area contributed by atoms with E-state index in [0.717, 1.165) is 11.4 Å². The Balaban J connectivity index is 1.56. The van der Waals surface area contributed by atoms with Crippen LogP contribution < -0.4 is 5.32 Å². The van der Waals surface area contributed by atoms with Gasteiger partial charge in [-0.1, -0.05) is 18.2 Å². The maximum absolute atomic E-state index is 13.3. The topological polar surface area (TPSA) is 75.6 Å². The molecule has 2 aromatic carbocycles. The number of carbonyl (C=O) groups excluding carboxylic acids is 1. The molecule has 0 unspecified atom stereocenters. The molecule has 0 aliphatic heterocycles. The molecule has 4 rings (SSSR count). The van der Waals surface area contributed by atoms with Gasteiger partial charge in [0.1, 0.15) is 17.5 Å². The van der Waals surface area contributed by atoms with Crippen LogP contribution in [0.25, 0.3) is 22.4 Å². The second-order valence-corrected chi connectivity index (χ2v) is 5.93. The van der Waals surface area contributed by atoms with Gasteiger partial charge in [-0.2, -0.15) is 0 Å². The molecule has 130 valence electrons. The molecule has 0 saturated heterocycles. The molecule has 2 aromatic heterocycles. The highest BCUT2D eigenvalue weighted by Crippen LogP contribution is 2.21. The molecule has 2 N–H and O–H groups in total. The Labute approximate surface area is 148 Å². The molecule has 0 saturated carbocycles. The van der Waals surface area contributed by atoms with Gasteiger partial charge in [0.25, 0.3) is 5.91 Å². The van der Waals surface area contributed by atoms with E-state index >= 15 is 0 Å². The summed E-state index contributed by atoms with van der Waals surface area (Å²) < 4.78 is 15.1. The van der Waals surface area contributed by atoms with Crippen molar-refractivity contribution in [3.8, 4) is 11.4 Å². The average molecular weight is 349 g/mol. The molecule has 26 heavy (non-hydrogen) atoms. The molecular formula is C19H16FN5O. The van der Waals surface area contributed by atoms with Crippen LogP contribution in [0, 0.1) is 5.82 Å². The predicted molar refractivity (Wildman–Crippen MR) is 95.9 cm³/mol. The Morgan fingerprint density at radius 3 is 2.92 bits per heavy atom. The largest absolute Gasteiger partial charge is 0.345 e. The van der Waals surface area contributed by atoms with Crippen molar-refractivity contribution in [2.75, 3.05) is 0 Å². The van der Waals surface area contributed by atoms with Crippen LogP contribution in [-0.2, 0) is 13.6 Å². The minimum absolute atomic E-state index is 0.212. The molecule has 0 radical (unpaired) electrons. The summed E-state index contributed by atoms with van der Waals surface area (Å²) in [7, 11) is 1.88. The number of nitrogens with zero attached hydrogens (tertiary/aromatic N) is 3. The minimum Gasteiger partial charge on any atom is -0.345 e. The zero-order valence-electron chi connectivity index (χ0n) is 14.0. The average Bonchev–Trinajstić information content (AvgIpc) is 3.25. The Morgan fingerprint density at radius 2 is 2.12 bits per heavy atom. The number of carbonyl (C=O) groups is 1. The maximum atomic E-state index is 13.3. The monoisotopic (exact) mass is 349 g/mol. The summed E-state index contributed by atoms with van der Waals surface area (Å²) in [5, 5.41) is 2.85. The normalized spacial score (nSPS) is 11.0. The third kappa shape index (κ3) is 2.95. The van der Waals surface area contributed by atoms with Crippen LogP contribution in [0.15, 0.2) is 54.9 Å². The van der Waals surface area contributed by atoms with Gasteiger partial charge in [-0.25, -0.2) is 14.4 Å². The lowest BCUT2D eigenvalue weighted by Crippen LogP contribution is -2.24. The highest BCUT2D eigenvalue weighted by Gasteiger charge is 2.15. The quantitative estimate of drug-likeness (QED) is 0.595. The predicted octanol–water partition coefficient (Wildman–Crippen LogP) is 3.03. The van der Waals surface area contributed by atoms with E-state index in [1.54, 1.807) is 18.3 Å². The number of hydrogen-bond acceptors (Lipinski definition) is 3. The van der Waals surface area contributed by atoms with Gasteiger partial charge in [-0.15, -0.1) is 0 Å². The third-order valence-corrected chi connectivity index (χ3v) is 4.14. The molecule has 0 fully saturated rings. The summed E-state index contributed by atoms with van der Waals surface area (Å²) in [6, 6.07) is 11.6. The van der Waals surface area contributed by atoms with Crippen molar-refractivity contribution < 1.29 is 9.18 Å². The summed E-state index contributed by atoms with van der Waals surface area (Å²) in [6.07, 6.45) is 3.52. The number of hydrogen-bond donors (Lipinski definition) is 2. The van der Waals surface area contributed by atoms with E-state index in [-0.39, 0.29) is 18.3 Å². The second-order valence-electron chi connectivity index (χ2n) is 5.93. The third-order valence-electron chi connectivity index (χ3n) is 4.14. The number of nitrogens with one attached hydrogen (secondary N) is 2. The van der Waals surface area contributed by atoms with Crippen molar-refractivity contribution in [3.63, 3.8) is 0 Å². The van der Waals surface area contributed by atoms with E-state index in [1.165, 1.54) is 12.1 Å². The Morgan fingerprint density at radius 1 is 1.27 bits per heavy atom. The number of amides is 1. The molecule has 0 aliphatic carbocycles.